The Morgan fingerprint density at radius 1 is 1.00 bits per heavy atom. The van der Waals surface area contributed by atoms with Gasteiger partial charge in [0.25, 0.3) is 0 Å². The number of Topliss-reactive ketones (excluding diaryl/α,β-unsaturated/α-hetero) is 1. The van der Waals surface area contributed by atoms with Crippen LogP contribution in [0.15, 0.2) is 36.4 Å². The molecule has 0 amide bonds. The minimum absolute atomic E-state index is 0.106. The zero-order chi connectivity index (χ0) is 21.8. The smallest absolute Gasteiger partial charge is 0.166 e. The fraction of sp³-hybridized carbons (Fsp3) is 0.519. The van der Waals surface area contributed by atoms with Crippen molar-refractivity contribution in [1.29, 1.82) is 0 Å². The Kier molecular flexibility index (Phi) is 6.96. The molecule has 166 valence electrons. The van der Waals surface area contributed by atoms with Gasteiger partial charge in [0.2, 0.25) is 0 Å². The van der Waals surface area contributed by atoms with Crippen molar-refractivity contribution in [2.75, 3.05) is 26.3 Å². The number of nitrogens with zero attached hydrogens (tertiary/aromatic N) is 1. The van der Waals surface area contributed by atoms with Crippen molar-refractivity contribution in [3.05, 3.63) is 58.7 Å². The third kappa shape index (κ3) is 5.12. The number of carbonyl (C=O) groups excluding carboxylic acids is 1. The molecule has 1 aliphatic carbocycles. The monoisotopic (exact) mass is 421 g/mol. The van der Waals surface area contributed by atoms with Crippen LogP contribution in [0.2, 0.25) is 0 Å². The van der Waals surface area contributed by atoms with Crippen molar-refractivity contribution in [1.82, 2.24) is 4.90 Å². The van der Waals surface area contributed by atoms with Crippen LogP contribution in [0.1, 0.15) is 60.2 Å². The summed E-state index contributed by atoms with van der Waals surface area (Å²) in [4.78, 5) is 15.7. The highest BCUT2D eigenvalue weighted by Gasteiger charge is 2.34. The maximum absolute atomic E-state index is 13.1. The van der Waals surface area contributed by atoms with E-state index < -0.39 is 0 Å². The molecule has 0 saturated carbocycles. The van der Waals surface area contributed by atoms with Crippen molar-refractivity contribution in [2.24, 2.45) is 11.8 Å². The van der Waals surface area contributed by atoms with Gasteiger partial charge >= 0.3 is 0 Å². The second kappa shape index (κ2) is 9.86. The molecule has 2 aromatic carbocycles. The quantitative estimate of drug-likeness (QED) is 0.568. The Balaban J connectivity index is 1.34. The summed E-state index contributed by atoms with van der Waals surface area (Å²) in [6, 6.07) is 12.8. The molecule has 2 aromatic rings. The molecular weight excluding hydrogens is 386 g/mol. The minimum atomic E-state index is 0.106. The van der Waals surface area contributed by atoms with Gasteiger partial charge in [-0.05, 0) is 88.7 Å². The minimum Gasteiger partial charge on any atom is -0.490 e. The average molecular weight is 422 g/mol. The lowest BCUT2D eigenvalue weighted by molar-refractivity contribution is 0.0895. The average Bonchev–Trinajstić information content (AvgIpc) is 3.05. The lowest BCUT2D eigenvalue weighted by Gasteiger charge is -2.33. The van der Waals surface area contributed by atoms with E-state index in [4.69, 9.17) is 9.47 Å². The van der Waals surface area contributed by atoms with Crippen molar-refractivity contribution in [3.63, 3.8) is 0 Å². The SMILES string of the molecule is CCOc1cc2c(cc1OCC)C(=O)C(CC1CCN(Cc3cccc(C)c3)CC1)C2. The van der Waals surface area contributed by atoms with E-state index in [1.165, 1.54) is 24.0 Å². The van der Waals surface area contributed by atoms with E-state index >= 15 is 0 Å². The molecule has 0 radical (unpaired) electrons. The van der Waals surface area contributed by atoms with Gasteiger partial charge in [-0.1, -0.05) is 29.8 Å². The molecule has 0 spiro atoms. The van der Waals surface area contributed by atoms with Crippen LogP contribution in [0, 0.1) is 18.8 Å². The highest BCUT2D eigenvalue weighted by Crippen LogP contribution is 2.40. The van der Waals surface area contributed by atoms with Gasteiger partial charge in [0.1, 0.15) is 0 Å². The van der Waals surface area contributed by atoms with Gasteiger partial charge in [0.05, 0.1) is 13.2 Å². The number of aryl methyl sites for hydroxylation is 1. The molecule has 4 nitrogen and oxygen atoms in total. The second-order valence-corrected chi connectivity index (χ2v) is 9.03. The molecule has 2 aliphatic rings. The largest absolute Gasteiger partial charge is 0.490 e. The van der Waals surface area contributed by atoms with Gasteiger partial charge in [-0.25, -0.2) is 0 Å². The van der Waals surface area contributed by atoms with Crippen molar-refractivity contribution in [3.8, 4) is 11.5 Å². The number of ketones is 1. The molecule has 1 saturated heterocycles. The summed E-state index contributed by atoms with van der Waals surface area (Å²) < 4.78 is 11.5. The van der Waals surface area contributed by atoms with Crippen LogP contribution < -0.4 is 9.47 Å². The van der Waals surface area contributed by atoms with Crippen LogP contribution in [0.25, 0.3) is 0 Å². The molecule has 1 heterocycles. The molecule has 4 rings (SSSR count). The number of piperidine rings is 1. The number of benzene rings is 2. The van der Waals surface area contributed by atoms with Crippen LogP contribution in [0.3, 0.4) is 0 Å². The number of rotatable bonds is 8. The van der Waals surface area contributed by atoms with Gasteiger partial charge in [0, 0.05) is 18.0 Å². The maximum Gasteiger partial charge on any atom is 0.166 e. The first-order valence-corrected chi connectivity index (χ1v) is 11.8. The number of hydrogen-bond donors (Lipinski definition) is 0. The molecule has 4 heteroatoms. The molecule has 1 aliphatic heterocycles. The van der Waals surface area contributed by atoms with E-state index in [0.29, 0.717) is 30.7 Å². The Morgan fingerprint density at radius 2 is 1.71 bits per heavy atom. The van der Waals surface area contributed by atoms with E-state index in [1.807, 2.05) is 26.0 Å². The van der Waals surface area contributed by atoms with E-state index in [9.17, 15) is 4.79 Å². The molecule has 0 N–H and O–H groups in total. The van der Waals surface area contributed by atoms with E-state index in [1.54, 1.807) is 0 Å². The first kappa shape index (κ1) is 21.9. The van der Waals surface area contributed by atoms with Gasteiger partial charge in [-0.3, -0.25) is 9.69 Å². The first-order valence-electron chi connectivity index (χ1n) is 11.8. The van der Waals surface area contributed by atoms with Crippen LogP contribution in [0.5, 0.6) is 11.5 Å². The molecule has 0 aromatic heterocycles. The first-order chi connectivity index (χ1) is 15.1. The summed E-state index contributed by atoms with van der Waals surface area (Å²) in [5.41, 5.74) is 4.69. The number of ether oxygens (including phenoxy) is 2. The zero-order valence-corrected chi connectivity index (χ0v) is 19.2. The molecule has 0 bridgehead atoms. The molecule has 31 heavy (non-hydrogen) atoms. The highest BCUT2D eigenvalue weighted by atomic mass is 16.5. The molecular formula is C27H35NO3. The normalized spacial score (nSPS) is 19.5. The molecule has 1 atom stereocenters. The Morgan fingerprint density at radius 3 is 2.39 bits per heavy atom. The van der Waals surface area contributed by atoms with Crippen LogP contribution >= 0.6 is 0 Å². The molecule has 1 unspecified atom stereocenters. The third-order valence-electron chi connectivity index (χ3n) is 6.69. The van der Waals surface area contributed by atoms with Gasteiger partial charge in [-0.2, -0.15) is 0 Å². The number of likely N-dealkylation sites (tertiary alicyclic amines) is 1. The van der Waals surface area contributed by atoms with Crippen molar-refractivity contribution in [2.45, 2.75) is 53.0 Å². The summed E-state index contributed by atoms with van der Waals surface area (Å²) in [7, 11) is 0. The van der Waals surface area contributed by atoms with Crippen LogP contribution in [-0.2, 0) is 13.0 Å². The van der Waals surface area contributed by atoms with Crippen LogP contribution in [-0.4, -0.2) is 37.0 Å². The summed E-state index contributed by atoms with van der Waals surface area (Å²) in [6.45, 7) is 10.5. The summed E-state index contributed by atoms with van der Waals surface area (Å²) in [5, 5.41) is 0. The number of carbonyl (C=O) groups is 1. The Hall–Kier alpha value is -2.33. The van der Waals surface area contributed by atoms with Gasteiger partial charge < -0.3 is 9.47 Å². The van der Waals surface area contributed by atoms with E-state index in [0.717, 1.165) is 49.4 Å². The molecule has 1 fully saturated rings. The predicted molar refractivity (Wildman–Crippen MR) is 124 cm³/mol. The number of hydrogen-bond acceptors (Lipinski definition) is 4. The summed E-state index contributed by atoms with van der Waals surface area (Å²) in [6.07, 6.45) is 4.20. The fourth-order valence-electron chi connectivity index (χ4n) is 5.16. The lowest BCUT2D eigenvalue weighted by Crippen LogP contribution is -2.34. The van der Waals surface area contributed by atoms with E-state index in [2.05, 4.69) is 36.1 Å². The van der Waals surface area contributed by atoms with Crippen LogP contribution in [0.4, 0.5) is 0 Å². The topological polar surface area (TPSA) is 38.8 Å². The zero-order valence-electron chi connectivity index (χ0n) is 19.2. The summed E-state index contributed by atoms with van der Waals surface area (Å²) >= 11 is 0. The van der Waals surface area contributed by atoms with E-state index in [-0.39, 0.29) is 5.92 Å². The maximum atomic E-state index is 13.1. The predicted octanol–water partition coefficient (Wildman–Crippen LogP) is 5.45. The highest BCUT2D eigenvalue weighted by molar-refractivity contribution is 6.02. The summed E-state index contributed by atoms with van der Waals surface area (Å²) in [5.74, 6) is 2.49. The third-order valence-corrected chi connectivity index (χ3v) is 6.69. The Bertz CT molecular complexity index is 915. The standard InChI is InChI=1S/C27H35NO3/c1-4-30-25-16-22-15-23(27(29)24(22)17-26(25)31-5-2)14-20-9-11-28(12-10-20)18-21-8-6-7-19(3)13-21/h6-8,13,16-17,20,23H,4-5,9-12,14-15,18H2,1-3H3. The van der Waals surface area contributed by atoms with Crippen molar-refractivity contribution < 1.29 is 14.3 Å². The number of fused-ring (bicyclic) bond motifs is 1. The van der Waals surface area contributed by atoms with Crippen molar-refractivity contribution >= 4 is 5.78 Å². The Labute approximate surface area is 186 Å². The van der Waals surface area contributed by atoms with Gasteiger partial charge in [0.15, 0.2) is 17.3 Å². The van der Waals surface area contributed by atoms with Gasteiger partial charge in [-0.15, -0.1) is 0 Å². The lowest BCUT2D eigenvalue weighted by atomic mass is 9.85. The fourth-order valence-corrected chi connectivity index (χ4v) is 5.16. The second-order valence-electron chi connectivity index (χ2n) is 9.03.